The lowest BCUT2D eigenvalue weighted by Crippen LogP contribution is -2.31. The lowest BCUT2D eigenvalue weighted by atomic mass is 9.93. The third kappa shape index (κ3) is 2.94. The van der Waals surface area contributed by atoms with E-state index in [9.17, 15) is 4.79 Å². The first-order chi connectivity index (χ1) is 10.3. The van der Waals surface area contributed by atoms with Crippen LogP contribution in [0.25, 0.3) is 0 Å². The number of benzene rings is 1. The van der Waals surface area contributed by atoms with E-state index in [1.54, 1.807) is 13.4 Å². The van der Waals surface area contributed by atoms with Gasteiger partial charge in [-0.15, -0.1) is 0 Å². The molecule has 110 valence electrons. The number of fused-ring (bicyclic) bond motifs is 1. The summed E-state index contributed by atoms with van der Waals surface area (Å²) in [6, 6.07) is 9.64. The quantitative estimate of drug-likeness (QED) is 0.939. The highest BCUT2D eigenvalue weighted by Crippen LogP contribution is 2.30. The number of hydrogen-bond acceptors (Lipinski definition) is 3. The monoisotopic (exact) mass is 285 g/mol. The van der Waals surface area contributed by atoms with Crippen molar-refractivity contribution in [3.05, 3.63) is 53.5 Å². The van der Waals surface area contributed by atoms with Crippen LogP contribution >= 0.6 is 0 Å². The number of hydrogen-bond donors (Lipinski definition) is 1. The molecule has 1 aromatic carbocycles. The fourth-order valence-corrected chi connectivity index (χ4v) is 2.90. The van der Waals surface area contributed by atoms with E-state index in [1.807, 2.05) is 30.3 Å². The van der Waals surface area contributed by atoms with E-state index in [4.69, 9.17) is 9.15 Å². The molecule has 1 N–H and O–H groups in total. The maximum absolute atomic E-state index is 12.3. The average molecular weight is 285 g/mol. The van der Waals surface area contributed by atoms with Gasteiger partial charge in [-0.05, 0) is 25.0 Å². The number of ether oxygens (including phenoxy) is 1. The molecular formula is C17H19NO3. The standard InChI is InChI=1S/C17H19NO3/c1-20-15-7-3-2-5-12(15)11-17(19)18-14-6-4-8-16-13(14)9-10-21-16/h2-3,5,7,9-10,14H,4,6,8,11H2,1H3,(H,18,19). The molecule has 2 aromatic rings. The highest BCUT2D eigenvalue weighted by molar-refractivity contribution is 5.79. The van der Waals surface area contributed by atoms with Crippen LogP contribution in [-0.2, 0) is 17.6 Å². The zero-order valence-corrected chi connectivity index (χ0v) is 12.1. The molecule has 0 saturated carbocycles. The molecule has 1 aliphatic carbocycles. The van der Waals surface area contributed by atoms with Crippen LogP contribution < -0.4 is 10.1 Å². The largest absolute Gasteiger partial charge is 0.496 e. The summed E-state index contributed by atoms with van der Waals surface area (Å²) in [6.07, 6.45) is 4.99. The third-order valence-electron chi connectivity index (χ3n) is 3.93. The van der Waals surface area contributed by atoms with Gasteiger partial charge in [0.05, 0.1) is 25.8 Å². The predicted molar refractivity (Wildman–Crippen MR) is 79.2 cm³/mol. The number of amides is 1. The van der Waals surface area contributed by atoms with Crippen molar-refractivity contribution >= 4 is 5.91 Å². The lowest BCUT2D eigenvalue weighted by Gasteiger charge is -2.23. The van der Waals surface area contributed by atoms with Crippen molar-refractivity contribution < 1.29 is 13.9 Å². The number of carbonyl (C=O) groups is 1. The van der Waals surface area contributed by atoms with Crippen molar-refractivity contribution in [3.8, 4) is 5.75 Å². The van der Waals surface area contributed by atoms with E-state index in [0.717, 1.165) is 41.9 Å². The SMILES string of the molecule is COc1ccccc1CC(=O)NC1CCCc2occc21. The van der Waals surface area contributed by atoms with Crippen LogP contribution in [0.15, 0.2) is 41.0 Å². The molecular weight excluding hydrogens is 266 g/mol. The van der Waals surface area contributed by atoms with Crippen molar-refractivity contribution in [2.45, 2.75) is 31.7 Å². The van der Waals surface area contributed by atoms with E-state index in [2.05, 4.69) is 5.32 Å². The summed E-state index contributed by atoms with van der Waals surface area (Å²) in [5.41, 5.74) is 2.02. The molecule has 0 radical (unpaired) electrons. The molecule has 1 aliphatic rings. The Balaban J connectivity index is 1.68. The van der Waals surface area contributed by atoms with Crippen LogP contribution in [0.1, 0.15) is 35.8 Å². The number of carbonyl (C=O) groups excluding carboxylic acids is 1. The molecule has 0 spiro atoms. The summed E-state index contributed by atoms with van der Waals surface area (Å²) < 4.78 is 10.7. The van der Waals surface area contributed by atoms with Crippen molar-refractivity contribution in [1.82, 2.24) is 5.32 Å². The van der Waals surface area contributed by atoms with E-state index >= 15 is 0 Å². The number of aryl methyl sites for hydroxylation is 1. The van der Waals surface area contributed by atoms with Crippen LogP contribution in [0, 0.1) is 0 Å². The molecule has 0 bridgehead atoms. The summed E-state index contributed by atoms with van der Waals surface area (Å²) in [4.78, 5) is 12.3. The highest BCUT2D eigenvalue weighted by Gasteiger charge is 2.24. The van der Waals surface area contributed by atoms with Gasteiger partial charge in [0.2, 0.25) is 5.91 Å². The fourth-order valence-electron chi connectivity index (χ4n) is 2.90. The van der Waals surface area contributed by atoms with Gasteiger partial charge in [-0.1, -0.05) is 18.2 Å². The molecule has 1 amide bonds. The molecule has 0 saturated heterocycles. The average Bonchev–Trinajstić information content (AvgIpc) is 2.97. The molecule has 1 atom stereocenters. The van der Waals surface area contributed by atoms with Gasteiger partial charge in [-0.3, -0.25) is 4.79 Å². The zero-order valence-electron chi connectivity index (χ0n) is 12.1. The third-order valence-corrected chi connectivity index (χ3v) is 3.93. The predicted octanol–water partition coefficient (Wildman–Crippen LogP) is 3.02. The Kier molecular flexibility index (Phi) is 3.95. The van der Waals surface area contributed by atoms with Crippen molar-refractivity contribution in [1.29, 1.82) is 0 Å². The first-order valence-electron chi connectivity index (χ1n) is 7.25. The smallest absolute Gasteiger partial charge is 0.225 e. The Morgan fingerprint density at radius 1 is 1.38 bits per heavy atom. The van der Waals surface area contributed by atoms with Crippen LogP contribution in [0.2, 0.25) is 0 Å². The summed E-state index contributed by atoms with van der Waals surface area (Å²) in [5, 5.41) is 3.11. The second-order valence-electron chi connectivity index (χ2n) is 5.30. The maximum Gasteiger partial charge on any atom is 0.225 e. The van der Waals surface area contributed by atoms with Crippen LogP contribution in [0.3, 0.4) is 0 Å². The summed E-state index contributed by atoms with van der Waals surface area (Å²) in [6.45, 7) is 0. The van der Waals surface area contributed by atoms with E-state index in [-0.39, 0.29) is 11.9 Å². The first-order valence-corrected chi connectivity index (χ1v) is 7.25. The molecule has 4 nitrogen and oxygen atoms in total. The van der Waals surface area contributed by atoms with Crippen molar-refractivity contribution in [2.75, 3.05) is 7.11 Å². The van der Waals surface area contributed by atoms with Crippen LogP contribution in [0.4, 0.5) is 0 Å². The molecule has 21 heavy (non-hydrogen) atoms. The molecule has 3 rings (SSSR count). The molecule has 1 heterocycles. The Morgan fingerprint density at radius 2 is 2.24 bits per heavy atom. The fraction of sp³-hybridized carbons (Fsp3) is 0.353. The minimum absolute atomic E-state index is 0.0125. The molecule has 0 fully saturated rings. The number of nitrogens with one attached hydrogen (secondary N) is 1. The molecule has 0 aliphatic heterocycles. The van der Waals surface area contributed by atoms with Crippen LogP contribution in [0.5, 0.6) is 5.75 Å². The summed E-state index contributed by atoms with van der Waals surface area (Å²) in [5.74, 6) is 1.77. The Bertz CT molecular complexity index is 632. The van der Waals surface area contributed by atoms with Gasteiger partial charge in [-0.25, -0.2) is 0 Å². The van der Waals surface area contributed by atoms with E-state index in [1.165, 1.54) is 0 Å². The second kappa shape index (κ2) is 6.04. The topological polar surface area (TPSA) is 51.5 Å². The molecule has 1 unspecified atom stereocenters. The minimum Gasteiger partial charge on any atom is -0.496 e. The van der Waals surface area contributed by atoms with Gasteiger partial charge in [0, 0.05) is 17.5 Å². The number of furan rings is 1. The zero-order chi connectivity index (χ0) is 14.7. The number of para-hydroxylation sites is 1. The van der Waals surface area contributed by atoms with Gasteiger partial charge in [0.25, 0.3) is 0 Å². The Hall–Kier alpha value is -2.23. The van der Waals surface area contributed by atoms with Gasteiger partial charge in [-0.2, -0.15) is 0 Å². The number of methoxy groups -OCH3 is 1. The van der Waals surface area contributed by atoms with Crippen molar-refractivity contribution in [2.24, 2.45) is 0 Å². The van der Waals surface area contributed by atoms with Gasteiger partial charge in [0.15, 0.2) is 0 Å². The van der Waals surface area contributed by atoms with Crippen molar-refractivity contribution in [3.63, 3.8) is 0 Å². The Labute approximate surface area is 124 Å². The summed E-state index contributed by atoms with van der Waals surface area (Å²) in [7, 11) is 1.62. The normalized spacial score (nSPS) is 17.1. The van der Waals surface area contributed by atoms with Gasteiger partial charge >= 0.3 is 0 Å². The molecule has 4 heteroatoms. The van der Waals surface area contributed by atoms with Gasteiger partial charge < -0.3 is 14.5 Å². The number of rotatable bonds is 4. The lowest BCUT2D eigenvalue weighted by molar-refractivity contribution is -0.121. The van der Waals surface area contributed by atoms with Gasteiger partial charge in [0.1, 0.15) is 11.5 Å². The minimum atomic E-state index is 0.0125. The Morgan fingerprint density at radius 3 is 3.10 bits per heavy atom. The maximum atomic E-state index is 12.3. The second-order valence-corrected chi connectivity index (χ2v) is 5.30. The highest BCUT2D eigenvalue weighted by atomic mass is 16.5. The first kappa shape index (κ1) is 13.7. The molecule has 1 aromatic heterocycles. The van der Waals surface area contributed by atoms with E-state index < -0.39 is 0 Å². The van der Waals surface area contributed by atoms with Crippen LogP contribution in [-0.4, -0.2) is 13.0 Å². The van der Waals surface area contributed by atoms with E-state index in [0.29, 0.717) is 6.42 Å². The summed E-state index contributed by atoms with van der Waals surface area (Å²) >= 11 is 0.